The van der Waals surface area contributed by atoms with E-state index in [9.17, 15) is 4.79 Å². The Balaban J connectivity index is 2.31. The maximum absolute atomic E-state index is 11.1. The first-order chi connectivity index (χ1) is 8.76. The summed E-state index contributed by atoms with van der Waals surface area (Å²) in [6.45, 7) is 3.34. The number of ether oxygens (including phenoxy) is 1. The summed E-state index contributed by atoms with van der Waals surface area (Å²) in [5.41, 5.74) is 1.14. The number of amides is 1. The fourth-order valence-corrected chi connectivity index (χ4v) is 1.45. The van der Waals surface area contributed by atoms with Gasteiger partial charge in [-0.3, -0.25) is 4.79 Å². The lowest BCUT2D eigenvalue weighted by molar-refractivity contribution is -0.120. The summed E-state index contributed by atoms with van der Waals surface area (Å²) < 4.78 is 5.48. The Labute approximate surface area is 108 Å². The molecule has 0 spiro atoms. The topological polar surface area (TPSA) is 62.1 Å². The Morgan fingerprint density at radius 2 is 2.11 bits per heavy atom. The normalized spacial score (nSPS) is 9.56. The number of rotatable bonds is 7. The minimum atomic E-state index is -0.222. The molecular weight excluding hydrogens is 228 g/mol. The molecule has 0 aliphatic rings. The molecule has 0 bridgehead atoms. The van der Waals surface area contributed by atoms with Crippen LogP contribution in [0.4, 0.5) is 0 Å². The Morgan fingerprint density at radius 3 is 2.72 bits per heavy atom. The second-order valence-corrected chi connectivity index (χ2v) is 3.93. The number of carbonyl (C=O) groups is 1. The Morgan fingerprint density at radius 1 is 1.39 bits per heavy atom. The van der Waals surface area contributed by atoms with Gasteiger partial charge in [-0.2, -0.15) is 5.26 Å². The third-order valence-electron chi connectivity index (χ3n) is 2.37. The van der Waals surface area contributed by atoms with Crippen LogP contribution in [0.1, 0.15) is 25.3 Å². The van der Waals surface area contributed by atoms with Gasteiger partial charge in [0.15, 0.2) is 0 Å². The molecule has 1 aromatic carbocycles. The van der Waals surface area contributed by atoms with Crippen molar-refractivity contribution in [3.8, 4) is 11.8 Å². The van der Waals surface area contributed by atoms with Crippen LogP contribution < -0.4 is 10.1 Å². The van der Waals surface area contributed by atoms with Gasteiger partial charge in [0.25, 0.3) is 0 Å². The van der Waals surface area contributed by atoms with Gasteiger partial charge in [0.1, 0.15) is 12.2 Å². The number of benzene rings is 1. The molecule has 4 nitrogen and oxygen atoms in total. The second-order valence-electron chi connectivity index (χ2n) is 3.93. The zero-order valence-electron chi connectivity index (χ0n) is 10.6. The zero-order valence-corrected chi connectivity index (χ0v) is 10.6. The third kappa shape index (κ3) is 5.35. The van der Waals surface area contributed by atoms with Crippen LogP contribution in [0.5, 0.6) is 5.75 Å². The highest BCUT2D eigenvalue weighted by Crippen LogP contribution is 2.12. The summed E-state index contributed by atoms with van der Waals surface area (Å²) in [6, 6.07) is 9.65. The van der Waals surface area contributed by atoms with Gasteiger partial charge in [-0.1, -0.05) is 19.1 Å². The Hall–Kier alpha value is -2.02. The predicted octanol–water partition coefficient (Wildman–Crippen LogP) is 2.05. The number of hydrogen-bond acceptors (Lipinski definition) is 3. The van der Waals surface area contributed by atoms with E-state index in [1.54, 1.807) is 0 Å². The van der Waals surface area contributed by atoms with Gasteiger partial charge in [-0.15, -0.1) is 0 Å². The van der Waals surface area contributed by atoms with E-state index >= 15 is 0 Å². The fraction of sp³-hybridized carbons (Fsp3) is 0.429. The van der Waals surface area contributed by atoms with E-state index in [0.717, 1.165) is 30.8 Å². The number of nitrogens with zero attached hydrogens (tertiary/aromatic N) is 1. The summed E-state index contributed by atoms with van der Waals surface area (Å²) in [5, 5.41) is 11.0. The predicted molar refractivity (Wildman–Crippen MR) is 69.2 cm³/mol. The van der Waals surface area contributed by atoms with Crippen LogP contribution in [-0.2, 0) is 11.2 Å². The van der Waals surface area contributed by atoms with Gasteiger partial charge in [0.2, 0.25) is 5.91 Å². The van der Waals surface area contributed by atoms with E-state index in [1.165, 1.54) is 0 Å². The average molecular weight is 246 g/mol. The highest BCUT2D eigenvalue weighted by Gasteiger charge is 1.99. The van der Waals surface area contributed by atoms with E-state index in [-0.39, 0.29) is 12.3 Å². The molecule has 4 heteroatoms. The molecule has 0 saturated carbocycles. The molecule has 0 heterocycles. The van der Waals surface area contributed by atoms with Crippen molar-refractivity contribution in [1.29, 1.82) is 5.26 Å². The van der Waals surface area contributed by atoms with Crippen LogP contribution in [0.2, 0.25) is 0 Å². The second kappa shape index (κ2) is 8.13. The van der Waals surface area contributed by atoms with Crippen LogP contribution in [0.15, 0.2) is 24.3 Å². The molecule has 0 radical (unpaired) electrons. The lowest BCUT2D eigenvalue weighted by Gasteiger charge is -2.06. The van der Waals surface area contributed by atoms with Crippen molar-refractivity contribution in [2.75, 3.05) is 13.2 Å². The number of carbonyl (C=O) groups excluding carboxylic acids is 1. The number of hydrogen-bond donors (Lipinski definition) is 1. The lowest BCUT2D eigenvalue weighted by atomic mass is 10.1. The summed E-state index contributed by atoms with van der Waals surface area (Å²) in [6.07, 6.45) is 1.67. The maximum atomic E-state index is 11.1. The third-order valence-corrected chi connectivity index (χ3v) is 2.37. The first kappa shape index (κ1) is 14.0. The molecule has 1 amide bonds. The summed E-state index contributed by atoms with van der Waals surface area (Å²) in [7, 11) is 0. The van der Waals surface area contributed by atoms with Crippen LogP contribution in [-0.4, -0.2) is 19.1 Å². The highest BCUT2D eigenvalue weighted by atomic mass is 16.5. The molecule has 0 unspecified atom stereocenters. The number of nitriles is 1. The standard InChI is InChI=1S/C14H18N2O2/c1-2-11-18-13-5-3-12(4-6-13)8-10-16-14(17)7-9-15/h3-6H,2,7-8,10-11H2,1H3,(H,16,17). The highest BCUT2D eigenvalue weighted by molar-refractivity contribution is 5.77. The SMILES string of the molecule is CCCOc1ccc(CCNC(=O)CC#N)cc1. The van der Waals surface area contributed by atoms with Gasteiger partial charge in [-0.05, 0) is 30.5 Å². The molecule has 1 N–H and O–H groups in total. The van der Waals surface area contributed by atoms with Crippen LogP contribution in [0.25, 0.3) is 0 Å². The number of nitrogens with one attached hydrogen (secondary N) is 1. The van der Waals surface area contributed by atoms with Crippen molar-refractivity contribution >= 4 is 5.91 Å². The molecule has 0 fully saturated rings. The van der Waals surface area contributed by atoms with E-state index in [0.29, 0.717) is 6.54 Å². The van der Waals surface area contributed by atoms with Gasteiger partial charge in [-0.25, -0.2) is 0 Å². The van der Waals surface area contributed by atoms with Gasteiger partial charge in [0, 0.05) is 6.54 Å². The molecule has 1 rings (SSSR count). The first-order valence-corrected chi connectivity index (χ1v) is 6.11. The molecular formula is C14H18N2O2. The molecule has 0 aliphatic heterocycles. The van der Waals surface area contributed by atoms with E-state index in [4.69, 9.17) is 10.00 Å². The maximum Gasteiger partial charge on any atom is 0.234 e. The van der Waals surface area contributed by atoms with Crippen LogP contribution in [0.3, 0.4) is 0 Å². The Bertz CT molecular complexity index is 407. The quantitative estimate of drug-likeness (QED) is 0.801. The monoisotopic (exact) mass is 246 g/mol. The summed E-state index contributed by atoms with van der Waals surface area (Å²) in [5.74, 6) is 0.648. The largest absolute Gasteiger partial charge is 0.494 e. The first-order valence-electron chi connectivity index (χ1n) is 6.11. The van der Waals surface area contributed by atoms with Crippen molar-refractivity contribution in [3.05, 3.63) is 29.8 Å². The molecule has 0 aliphatic carbocycles. The fourth-order valence-electron chi connectivity index (χ4n) is 1.45. The van der Waals surface area contributed by atoms with Crippen LogP contribution >= 0.6 is 0 Å². The average Bonchev–Trinajstić information content (AvgIpc) is 2.38. The van der Waals surface area contributed by atoms with Crippen molar-refractivity contribution in [2.45, 2.75) is 26.2 Å². The summed E-state index contributed by atoms with van der Waals surface area (Å²) >= 11 is 0. The summed E-state index contributed by atoms with van der Waals surface area (Å²) in [4.78, 5) is 11.1. The van der Waals surface area contributed by atoms with Crippen molar-refractivity contribution in [2.24, 2.45) is 0 Å². The molecule has 0 aromatic heterocycles. The van der Waals surface area contributed by atoms with Crippen molar-refractivity contribution < 1.29 is 9.53 Å². The van der Waals surface area contributed by atoms with Gasteiger partial charge in [0.05, 0.1) is 12.7 Å². The molecule has 18 heavy (non-hydrogen) atoms. The van der Waals surface area contributed by atoms with Crippen molar-refractivity contribution in [1.82, 2.24) is 5.32 Å². The molecule has 0 atom stereocenters. The Kier molecular flexibility index (Phi) is 6.34. The van der Waals surface area contributed by atoms with E-state index < -0.39 is 0 Å². The smallest absolute Gasteiger partial charge is 0.234 e. The van der Waals surface area contributed by atoms with Crippen LogP contribution in [0, 0.1) is 11.3 Å². The lowest BCUT2D eigenvalue weighted by Crippen LogP contribution is -2.24. The van der Waals surface area contributed by atoms with E-state index in [1.807, 2.05) is 30.3 Å². The molecule has 0 saturated heterocycles. The van der Waals surface area contributed by atoms with Gasteiger partial charge < -0.3 is 10.1 Å². The molecule has 1 aromatic rings. The minimum absolute atomic E-state index is 0.0796. The van der Waals surface area contributed by atoms with Gasteiger partial charge >= 0.3 is 0 Å². The zero-order chi connectivity index (χ0) is 13.2. The van der Waals surface area contributed by atoms with E-state index in [2.05, 4.69) is 12.2 Å². The minimum Gasteiger partial charge on any atom is -0.494 e. The van der Waals surface area contributed by atoms with Crippen molar-refractivity contribution in [3.63, 3.8) is 0 Å². The molecule has 96 valence electrons.